The van der Waals surface area contributed by atoms with Crippen LogP contribution in [0.3, 0.4) is 0 Å². The Kier molecular flexibility index (Phi) is 3.31. The molecule has 0 saturated carbocycles. The second-order valence-corrected chi connectivity index (χ2v) is 5.55. The van der Waals surface area contributed by atoms with Gasteiger partial charge in [-0.15, -0.1) is 11.8 Å². The Morgan fingerprint density at radius 2 is 2.18 bits per heavy atom. The zero-order valence-electron chi connectivity index (χ0n) is 9.77. The zero-order chi connectivity index (χ0) is 12.5. The summed E-state index contributed by atoms with van der Waals surface area (Å²) in [6.45, 7) is 2.00. The second-order valence-electron chi connectivity index (χ2n) is 4.11. The van der Waals surface area contributed by atoms with E-state index in [1.54, 1.807) is 18.9 Å². The van der Waals surface area contributed by atoms with Crippen molar-refractivity contribution in [3.63, 3.8) is 0 Å². The maximum absolute atomic E-state index is 10.9. The van der Waals surface area contributed by atoms with Gasteiger partial charge in [-0.05, 0) is 24.6 Å². The molecular weight excluding hydrogens is 238 g/mol. The first-order valence-electron chi connectivity index (χ1n) is 5.34. The third-order valence-electron chi connectivity index (χ3n) is 2.93. The number of benzene rings is 1. The lowest BCUT2D eigenvalue weighted by Gasteiger charge is -2.24. The van der Waals surface area contributed by atoms with E-state index in [0.717, 1.165) is 11.3 Å². The summed E-state index contributed by atoms with van der Waals surface area (Å²) in [4.78, 5) is 10.6. The monoisotopic (exact) mass is 253 g/mol. The van der Waals surface area contributed by atoms with Crippen LogP contribution < -0.4 is 10.1 Å². The summed E-state index contributed by atoms with van der Waals surface area (Å²) < 4.78 is 5.10. The lowest BCUT2D eigenvalue weighted by molar-refractivity contribution is -0.138. The van der Waals surface area contributed by atoms with Crippen LogP contribution >= 0.6 is 11.8 Å². The van der Waals surface area contributed by atoms with Crippen LogP contribution in [0.4, 0.5) is 0 Å². The van der Waals surface area contributed by atoms with Crippen molar-refractivity contribution in [2.24, 2.45) is 0 Å². The number of rotatable bonds is 3. The van der Waals surface area contributed by atoms with Crippen molar-refractivity contribution in [2.45, 2.75) is 17.8 Å². The molecule has 1 fully saturated rings. The molecule has 0 aliphatic carbocycles. The molecule has 1 aromatic carbocycles. The lowest BCUT2D eigenvalue weighted by atomic mass is 10.1. The first kappa shape index (κ1) is 12.3. The van der Waals surface area contributed by atoms with Crippen LogP contribution in [0.2, 0.25) is 0 Å². The molecule has 0 radical (unpaired) electrons. The molecule has 1 aliphatic rings. The van der Waals surface area contributed by atoms with Gasteiger partial charge in [-0.1, -0.05) is 12.1 Å². The van der Waals surface area contributed by atoms with Gasteiger partial charge in [0.1, 0.15) is 11.8 Å². The summed E-state index contributed by atoms with van der Waals surface area (Å²) in [6, 6.07) is 7.21. The maximum atomic E-state index is 10.9. The van der Waals surface area contributed by atoms with Gasteiger partial charge >= 0.3 is 5.97 Å². The summed E-state index contributed by atoms with van der Waals surface area (Å²) in [6.07, 6.45) is 0. The standard InChI is InChI=1S/C12H15NO3S/c1-12(13-10(7-17-12)11(14)15)8-3-5-9(16-2)6-4-8/h3-6,10,13H,7H2,1-2H3,(H,14,15)/t10-,12-/m0/s1. The van der Waals surface area contributed by atoms with E-state index in [2.05, 4.69) is 5.32 Å². The highest BCUT2D eigenvalue weighted by atomic mass is 32.2. The van der Waals surface area contributed by atoms with Crippen molar-refractivity contribution in [3.8, 4) is 5.75 Å². The van der Waals surface area contributed by atoms with E-state index in [4.69, 9.17) is 9.84 Å². The molecule has 2 N–H and O–H groups in total. The van der Waals surface area contributed by atoms with Crippen LogP contribution in [0, 0.1) is 0 Å². The fraction of sp³-hybridized carbons (Fsp3) is 0.417. The minimum Gasteiger partial charge on any atom is -0.497 e. The number of methoxy groups -OCH3 is 1. The fourth-order valence-electron chi connectivity index (χ4n) is 1.87. The molecule has 0 unspecified atom stereocenters. The molecule has 1 aromatic rings. The van der Waals surface area contributed by atoms with E-state index in [1.165, 1.54) is 0 Å². The SMILES string of the molecule is COc1ccc([C@@]2(C)N[C@H](C(=O)O)CS2)cc1. The Balaban J connectivity index is 2.18. The highest BCUT2D eigenvalue weighted by molar-refractivity contribution is 8.00. The molecule has 2 rings (SSSR count). The van der Waals surface area contributed by atoms with Gasteiger partial charge in [-0.2, -0.15) is 0 Å². The number of aliphatic carboxylic acids is 1. The molecule has 1 heterocycles. The van der Waals surface area contributed by atoms with Gasteiger partial charge in [0.2, 0.25) is 0 Å². The van der Waals surface area contributed by atoms with E-state index in [1.807, 2.05) is 31.2 Å². The van der Waals surface area contributed by atoms with Crippen molar-refractivity contribution in [1.29, 1.82) is 0 Å². The summed E-state index contributed by atoms with van der Waals surface area (Å²) >= 11 is 1.61. The molecule has 92 valence electrons. The molecule has 4 nitrogen and oxygen atoms in total. The highest BCUT2D eigenvalue weighted by Gasteiger charge is 2.39. The van der Waals surface area contributed by atoms with Gasteiger partial charge in [0.05, 0.1) is 12.0 Å². The van der Waals surface area contributed by atoms with Gasteiger partial charge in [0.15, 0.2) is 0 Å². The molecule has 1 aliphatic heterocycles. The predicted octanol–water partition coefficient (Wildman–Crippen LogP) is 1.66. The van der Waals surface area contributed by atoms with Gasteiger partial charge in [-0.3, -0.25) is 10.1 Å². The van der Waals surface area contributed by atoms with Crippen LogP contribution in [0.25, 0.3) is 0 Å². The lowest BCUT2D eigenvalue weighted by Crippen LogP contribution is -2.41. The predicted molar refractivity (Wildman–Crippen MR) is 67.4 cm³/mol. The molecule has 1 saturated heterocycles. The number of carboxylic acids is 1. The van der Waals surface area contributed by atoms with Crippen molar-refractivity contribution < 1.29 is 14.6 Å². The maximum Gasteiger partial charge on any atom is 0.321 e. The average molecular weight is 253 g/mol. The fourth-order valence-corrected chi connectivity index (χ4v) is 3.13. The van der Waals surface area contributed by atoms with Gasteiger partial charge in [0.25, 0.3) is 0 Å². The molecule has 0 spiro atoms. The first-order chi connectivity index (χ1) is 8.05. The molecule has 2 atom stereocenters. The van der Waals surface area contributed by atoms with Crippen LogP contribution in [0.5, 0.6) is 5.75 Å². The molecule has 0 amide bonds. The largest absolute Gasteiger partial charge is 0.497 e. The number of ether oxygens (including phenoxy) is 1. The molecule has 0 bridgehead atoms. The third-order valence-corrected chi connectivity index (χ3v) is 4.36. The first-order valence-corrected chi connectivity index (χ1v) is 6.33. The van der Waals surface area contributed by atoms with E-state index < -0.39 is 12.0 Å². The van der Waals surface area contributed by atoms with Crippen LogP contribution in [-0.2, 0) is 9.67 Å². The summed E-state index contributed by atoms with van der Waals surface area (Å²) in [5.74, 6) is 0.586. The summed E-state index contributed by atoms with van der Waals surface area (Å²) in [5.41, 5.74) is 1.06. The van der Waals surface area contributed by atoms with E-state index >= 15 is 0 Å². The number of hydrogen-bond donors (Lipinski definition) is 2. The number of hydrogen-bond acceptors (Lipinski definition) is 4. The van der Waals surface area contributed by atoms with Gasteiger partial charge < -0.3 is 9.84 Å². The Morgan fingerprint density at radius 1 is 1.53 bits per heavy atom. The number of nitrogens with one attached hydrogen (secondary N) is 1. The van der Waals surface area contributed by atoms with Gasteiger partial charge in [-0.25, -0.2) is 0 Å². The third kappa shape index (κ3) is 2.40. The molecular formula is C12H15NO3S. The van der Waals surface area contributed by atoms with Crippen molar-refractivity contribution in [1.82, 2.24) is 5.32 Å². The van der Waals surface area contributed by atoms with Crippen molar-refractivity contribution in [3.05, 3.63) is 29.8 Å². The molecule has 17 heavy (non-hydrogen) atoms. The van der Waals surface area contributed by atoms with Crippen LogP contribution in [0.1, 0.15) is 12.5 Å². The minimum atomic E-state index is -0.797. The second kappa shape index (κ2) is 4.58. The van der Waals surface area contributed by atoms with E-state index in [9.17, 15) is 4.79 Å². The summed E-state index contributed by atoms with van der Waals surface area (Å²) in [5, 5.41) is 12.1. The van der Waals surface area contributed by atoms with Gasteiger partial charge in [0, 0.05) is 5.75 Å². The Labute approximate surface area is 104 Å². The Morgan fingerprint density at radius 3 is 2.65 bits per heavy atom. The highest BCUT2D eigenvalue weighted by Crippen LogP contribution is 2.39. The quantitative estimate of drug-likeness (QED) is 0.858. The van der Waals surface area contributed by atoms with E-state index in [-0.39, 0.29) is 4.87 Å². The Hall–Kier alpha value is -1.20. The average Bonchev–Trinajstić information content (AvgIpc) is 2.74. The van der Waals surface area contributed by atoms with Crippen LogP contribution in [-0.4, -0.2) is 30.0 Å². The normalized spacial score (nSPS) is 28.0. The Bertz CT molecular complexity index is 420. The summed E-state index contributed by atoms with van der Waals surface area (Å²) in [7, 11) is 1.62. The smallest absolute Gasteiger partial charge is 0.321 e. The van der Waals surface area contributed by atoms with Crippen LogP contribution in [0.15, 0.2) is 24.3 Å². The topological polar surface area (TPSA) is 58.6 Å². The number of carboxylic acid groups (broad SMARTS) is 1. The number of carbonyl (C=O) groups is 1. The zero-order valence-corrected chi connectivity index (χ0v) is 10.6. The minimum absolute atomic E-state index is 0.338. The molecule has 0 aromatic heterocycles. The van der Waals surface area contributed by atoms with Crippen molar-refractivity contribution in [2.75, 3.05) is 12.9 Å². The van der Waals surface area contributed by atoms with E-state index in [0.29, 0.717) is 5.75 Å². The van der Waals surface area contributed by atoms with Crippen molar-refractivity contribution >= 4 is 17.7 Å². The molecule has 5 heteroatoms. The number of thioether (sulfide) groups is 1.